The van der Waals surface area contributed by atoms with E-state index in [0.29, 0.717) is 6.61 Å². The number of aliphatic carboxylic acids is 2. The van der Waals surface area contributed by atoms with Gasteiger partial charge in [0.15, 0.2) is 0 Å². The van der Waals surface area contributed by atoms with E-state index < -0.39 is 24.3 Å². The number of halogens is 6. The minimum absolute atomic E-state index is 0.237. The number of carboxylic acids is 2. The lowest BCUT2D eigenvalue weighted by Crippen LogP contribution is -2.58. The zero-order valence-corrected chi connectivity index (χ0v) is 19.4. The molecule has 1 spiro atoms. The van der Waals surface area contributed by atoms with Crippen LogP contribution in [-0.4, -0.2) is 102 Å². The summed E-state index contributed by atoms with van der Waals surface area (Å²) in [7, 11) is 0. The van der Waals surface area contributed by atoms with Crippen LogP contribution in [-0.2, 0) is 25.6 Å². The molecule has 2 aliphatic rings. The van der Waals surface area contributed by atoms with E-state index in [1.807, 2.05) is 19.1 Å². The van der Waals surface area contributed by atoms with Crippen LogP contribution in [0.15, 0.2) is 29.2 Å². The molecule has 9 nitrogen and oxygen atoms in total. The average Bonchev–Trinajstić information content (AvgIpc) is 3.05. The largest absolute Gasteiger partial charge is 0.490 e. The maximum atomic E-state index is 10.6. The number of hydrogen-bond acceptors (Lipinski definition) is 7. The third-order valence-electron chi connectivity index (χ3n) is 4.80. The highest BCUT2D eigenvalue weighted by molar-refractivity contribution is 5.73. The fourth-order valence-corrected chi connectivity index (χ4v) is 3.35. The van der Waals surface area contributed by atoms with Crippen LogP contribution in [0.5, 0.6) is 0 Å². The van der Waals surface area contributed by atoms with Gasteiger partial charge in [-0.3, -0.25) is 9.80 Å². The lowest BCUT2D eigenvalue weighted by molar-refractivity contribution is -0.193. The van der Waals surface area contributed by atoms with E-state index in [1.165, 1.54) is 0 Å². The van der Waals surface area contributed by atoms with Gasteiger partial charge in [-0.25, -0.2) is 9.59 Å². The van der Waals surface area contributed by atoms with Gasteiger partial charge in [0, 0.05) is 32.7 Å². The number of rotatable bonds is 4. The second-order valence-corrected chi connectivity index (χ2v) is 7.94. The minimum Gasteiger partial charge on any atom is -0.475 e. The van der Waals surface area contributed by atoms with Crippen molar-refractivity contribution in [3.05, 3.63) is 36.3 Å². The maximum absolute atomic E-state index is 10.6. The molecule has 1 aromatic rings. The molecule has 0 amide bonds. The maximum Gasteiger partial charge on any atom is 0.490 e. The van der Waals surface area contributed by atoms with E-state index >= 15 is 0 Å². The van der Waals surface area contributed by atoms with Gasteiger partial charge in [-0.15, -0.1) is 6.58 Å². The fraction of sp³-hybridized carbons (Fsp3) is 0.619. The van der Waals surface area contributed by atoms with Crippen LogP contribution in [0, 0.1) is 6.92 Å². The van der Waals surface area contributed by atoms with Crippen LogP contribution in [0.25, 0.3) is 0 Å². The smallest absolute Gasteiger partial charge is 0.475 e. The van der Waals surface area contributed by atoms with Gasteiger partial charge in [0.2, 0.25) is 0 Å². The Balaban J connectivity index is 0.000000383. The summed E-state index contributed by atoms with van der Waals surface area (Å²) in [5.41, 5.74) is -0.237. The zero-order chi connectivity index (χ0) is 27.6. The summed E-state index contributed by atoms with van der Waals surface area (Å²) in [6, 6.07) is 4.08. The zero-order valence-electron chi connectivity index (χ0n) is 19.4. The van der Waals surface area contributed by atoms with Gasteiger partial charge in [-0.05, 0) is 19.1 Å². The Morgan fingerprint density at radius 1 is 1.03 bits per heavy atom. The Labute approximate surface area is 202 Å². The predicted molar refractivity (Wildman–Crippen MR) is 112 cm³/mol. The number of aryl methyl sites for hydroxylation is 1. The predicted octanol–water partition coefficient (Wildman–Crippen LogP) is 2.94. The Morgan fingerprint density at radius 2 is 1.56 bits per heavy atom. The number of hydrogen-bond donors (Lipinski definition) is 2. The molecule has 0 aromatic carbocycles. The molecule has 2 saturated heterocycles. The van der Waals surface area contributed by atoms with E-state index in [4.69, 9.17) is 33.7 Å². The molecule has 15 heteroatoms. The first-order chi connectivity index (χ1) is 16.6. The Hall–Kier alpha value is -2.62. The standard InChI is InChI=1S/C17H26N2O3.2C2HF3O2/c1-3-6-18-7-9-20-14-17(12-18)13-19(8-10-21-17)11-16-5-4-15(2)22-16;2*3-2(4,5)1(6)7/h3-5H,1,6-14H2,2H3;2*(H,6,7). The van der Waals surface area contributed by atoms with Gasteiger partial charge < -0.3 is 24.1 Å². The molecule has 2 N–H and O–H groups in total. The summed E-state index contributed by atoms with van der Waals surface area (Å²) in [5, 5.41) is 14.2. The van der Waals surface area contributed by atoms with Crippen LogP contribution < -0.4 is 0 Å². The number of alkyl halides is 6. The van der Waals surface area contributed by atoms with E-state index in [2.05, 4.69) is 22.4 Å². The number of carbonyl (C=O) groups is 2. The van der Waals surface area contributed by atoms with Crippen molar-refractivity contribution in [3.8, 4) is 0 Å². The van der Waals surface area contributed by atoms with Crippen molar-refractivity contribution >= 4 is 11.9 Å². The Kier molecular flexibility index (Phi) is 11.9. The van der Waals surface area contributed by atoms with E-state index in [1.54, 1.807) is 0 Å². The van der Waals surface area contributed by atoms with Crippen LogP contribution in [0.2, 0.25) is 0 Å². The lowest BCUT2D eigenvalue weighted by Gasteiger charge is -2.43. The Bertz CT molecular complexity index is 835. The van der Waals surface area contributed by atoms with Gasteiger partial charge in [-0.2, -0.15) is 26.3 Å². The molecule has 1 atom stereocenters. The van der Waals surface area contributed by atoms with Crippen molar-refractivity contribution in [1.29, 1.82) is 0 Å². The fourth-order valence-electron chi connectivity index (χ4n) is 3.35. The minimum atomic E-state index is -5.08. The summed E-state index contributed by atoms with van der Waals surface area (Å²) in [6.07, 6.45) is -8.22. The molecule has 206 valence electrons. The van der Waals surface area contributed by atoms with Gasteiger partial charge in [-0.1, -0.05) is 6.08 Å². The number of nitrogens with zero attached hydrogens (tertiary/aromatic N) is 2. The van der Waals surface area contributed by atoms with E-state index in [9.17, 15) is 26.3 Å². The number of carboxylic acid groups (broad SMARTS) is 2. The summed E-state index contributed by atoms with van der Waals surface area (Å²) < 4.78 is 81.2. The monoisotopic (exact) mass is 534 g/mol. The molecule has 3 rings (SSSR count). The highest BCUT2D eigenvalue weighted by atomic mass is 19.4. The van der Waals surface area contributed by atoms with Crippen molar-refractivity contribution in [3.63, 3.8) is 0 Å². The van der Waals surface area contributed by atoms with E-state index in [0.717, 1.165) is 64.0 Å². The van der Waals surface area contributed by atoms with Crippen LogP contribution in [0.4, 0.5) is 26.3 Å². The first kappa shape index (κ1) is 31.4. The summed E-state index contributed by atoms with van der Waals surface area (Å²) >= 11 is 0. The highest BCUT2D eigenvalue weighted by Crippen LogP contribution is 2.24. The number of morpholine rings is 1. The molecule has 0 radical (unpaired) electrons. The molecular formula is C21H28F6N2O7. The summed E-state index contributed by atoms with van der Waals surface area (Å²) in [4.78, 5) is 22.6. The van der Waals surface area contributed by atoms with Crippen LogP contribution in [0.3, 0.4) is 0 Å². The van der Waals surface area contributed by atoms with Crippen molar-refractivity contribution in [2.75, 3.05) is 52.5 Å². The third-order valence-corrected chi connectivity index (χ3v) is 4.80. The lowest BCUT2D eigenvalue weighted by atomic mass is 10.0. The molecule has 1 aromatic heterocycles. The molecule has 2 fully saturated rings. The van der Waals surface area contributed by atoms with Crippen molar-refractivity contribution in [1.82, 2.24) is 9.80 Å². The highest BCUT2D eigenvalue weighted by Gasteiger charge is 2.40. The molecule has 0 bridgehead atoms. The average molecular weight is 534 g/mol. The third kappa shape index (κ3) is 11.4. The van der Waals surface area contributed by atoms with Gasteiger partial charge in [0.05, 0.1) is 26.4 Å². The first-order valence-electron chi connectivity index (χ1n) is 10.5. The normalized spacial score (nSPS) is 21.4. The van der Waals surface area contributed by atoms with Crippen molar-refractivity contribution in [2.24, 2.45) is 0 Å². The molecule has 36 heavy (non-hydrogen) atoms. The number of ether oxygens (including phenoxy) is 2. The van der Waals surface area contributed by atoms with Crippen LogP contribution in [0.1, 0.15) is 11.5 Å². The summed E-state index contributed by atoms with van der Waals surface area (Å²) in [5.74, 6) is -3.53. The Morgan fingerprint density at radius 3 is 2.03 bits per heavy atom. The first-order valence-corrected chi connectivity index (χ1v) is 10.5. The van der Waals surface area contributed by atoms with Crippen molar-refractivity contribution < 1.29 is 60.0 Å². The topological polar surface area (TPSA) is 113 Å². The molecule has 0 saturated carbocycles. The second kappa shape index (κ2) is 13.6. The van der Waals surface area contributed by atoms with E-state index in [-0.39, 0.29) is 5.60 Å². The van der Waals surface area contributed by atoms with Gasteiger partial charge in [0.25, 0.3) is 0 Å². The molecule has 2 aliphatic heterocycles. The second-order valence-electron chi connectivity index (χ2n) is 7.94. The molecule has 3 heterocycles. The van der Waals surface area contributed by atoms with Gasteiger partial charge >= 0.3 is 24.3 Å². The molecule has 0 aliphatic carbocycles. The van der Waals surface area contributed by atoms with Gasteiger partial charge in [0.1, 0.15) is 17.1 Å². The van der Waals surface area contributed by atoms with Crippen molar-refractivity contribution in [2.45, 2.75) is 31.4 Å². The summed E-state index contributed by atoms with van der Waals surface area (Å²) in [6.45, 7) is 13.3. The SMILES string of the molecule is C=CCN1CCOCC2(C1)CN(Cc1ccc(C)o1)CCO2.O=C(O)C(F)(F)F.O=C(O)C(F)(F)F. The molecular weight excluding hydrogens is 506 g/mol. The molecule has 1 unspecified atom stereocenters. The van der Waals surface area contributed by atoms with Crippen LogP contribution >= 0.6 is 0 Å². The quantitative estimate of drug-likeness (QED) is 0.445. The number of furan rings is 1.